The van der Waals surface area contributed by atoms with Crippen molar-refractivity contribution in [2.75, 3.05) is 10.2 Å². The first-order valence-corrected chi connectivity index (χ1v) is 8.53. The topological polar surface area (TPSA) is 32.3 Å². The minimum Gasteiger partial charge on any atom is -0.360 e. The zero-order chi connectivity index (χ0) is 15.8. The molecule has 3 nitrogen and oxygen atoms in total. The molecule has 0 fully saturated rings. The van der Waals surface area contributed by atoms with Crippen LogP contribution in [-0.2, 0) is 0 Å². The van der Waals surface area contributed by atoms with Crippen LogP contribution < -0.4 is 10.2 Å². The molecule has 1 atom stereocenters. The molecule has 0 unspecified atom stereocenters. The number of halogens is 1. The van der Waals surface area contributed by atoms with Gasteiger partial charge in [-0.25, -0.2) is 0 Å². The highest BCUT2D eigenvalue weighted by Gasteiger charge is 2.34. The van der Waals surface area contributed by atoms with E-state index in [1.165, 1.54) is 0 Å². The summed E-state index contributed by atoms with van der Waals surface area (Å²) in [6.45, 7) is 0. The van der Waals surface area contributed by atoms with Gasteiger partial charge in [-0.15, -0.1) is 0 Å². The normalized spacial score (nSPS) is 16.8. The first kappa shape index (κ1) is 14.3. The zero-order valence-electron chi connectivity index (χ0n) is 12.1. The average Bonchev–Trinajstić information content (AvgIpc) is 3.10. The molecule has 0 saturated carbocycles. The van der Waals surface area contributed by atoms with Crippen LogP contribution in [-0.4, -0.2) is 5.91 Å². The summed E-state index contributed by atoms with van der Waals surface area (Å²) in [5.74, 6) is -0.0159. The molecular weight excluding hydrogens is 328 g/mol. The Morgan fingerprint density at radius 3 is 2.57 bits per heavy atom. The molecule has 2 aromatic carbocycles. The third-order valence-electron chi connectivity index (χ3n) is 3.89. The summed E-state index contributed by atoms with van der Waals surface area (Å²) < 4.78 is 0. The fourth-order valence-corrected chi connectivity index (χ4v) is 3.59. The fraction of sp³-hybridized carbons (Fsp3) is 0.0556. The van der Waals surface area contributed by atoms with Crippen LogP contribution in [0.4, 0.5) is 11.4 Å². The lowest BCUT2D eigenvalue weighted by Crippen LogP contribution is -2.43. The van der Waals surface area contributed by atoms with Gasteiger partial charge in [-0.1, -0.05) is 23.7 Å². The first-order chi connectivity index (χ1) is 11.2. The predicted octanol–water partition coefficient (Wildman–Crippen LogP) is 5.17. The van der Waals surface area contributed by atoms with Gasteiger partial charge in [-0.05, 0) is 53.2 Å². The summed E-state index contributed by atoms with van der Waals surface area (Å²) in [7, 11) is 0. The Labute approximate surface area is 143 Å². The van der Waals surface area contributed by atoms with E-state index in [2.05, 4.69) is 10.7 Å². The summed E-state index contributed by atoms with van der Waals surface area (Å²) in [5.41, 5.74) is 3.42. The van der Waals surface area contributed by atoms with E-state index in [-0.39, 0.29) is 12.1 Å². The van der Waals surface area contributed by atoms with Crippen molar-refractivity contribution in [3.05, 3.63) is 81.5 Å². The lowest BCUT2D eigenvalue weighted by Gasteiger charge is -2.37. The summed E-state index contributed by atoms with van der Waals surface area (Å²) >= 11 is 7.60. The van der Waals surface area contributed by atoms with Crippen molar-refractivity contribution in [2.24, 2.45) is 0 Å². The van der Waals surface area contributed by atoms with E-state index in [4.69, 9.17) is 11.6 Å². The van der Waals surface area contributed by atoms with E-state index in [1.54, 1.807) is 28.4 Å². The van der Waals surface area contributed by atoms with Gasteiger partial charge in [0.1, 0.15) is 6.17 Å². The Hall–Kier alpha value is -2.30. The summed E-state index contributed by atoms with van der Waals surface area (Å²) in [5, 5.41) is 8.20. The number of carbonyl (C=O) groups is 1. The van der Waals surface area contributed by atoms with Gasteiger partial charge < -0.3 is 5.32 Å². The third kappa shape index (κ3) is 2.50. The van der Waals surface area contributed by atoms with Crippen LogP contribution in [0.25, 0.3) is 0 Å². The van der Waals surface area contributed by atoms with Crippen molar-refractivity contribution in [2.45, 2.75) is 6.17 Å². The molecule has 23 heavy (non-hydrogen) atoms. The van der Waals surface area contributed by atoms with Crippen molar-refractivity contribution in [3.8, 4) is 0 Å². The quantitative estimate of drug-likeness (QED) is 0.697. The minimum absolute atomic E-state index is 0.0159. The highest BCUT2D eigenvalue weighted by Crippen LogP contribution is 2.37. The molecule has 0 saturated heterocycles. The number of carbonyl (C=O) groups excluding carboxylic acids is 1. The summed E-state index contributed by atoms with van der Waals surface area (Å²) in [6.07, 6.45) is -0.232. The van der Waals surface area contributed by atoms with E-state index >= 15 is 0 Å². The predicted molar refractivity (Wildman–Crippen MR) is 95.4 cm³/mol. The number of hydrogen-bond acceptors (Lipinski definition) is 3. The smallest absolute Gasteiger partial charge is 0.262 e. The molecule has 0 spiro atoms. The van der Waals surface area contributed by atoms with Crippen molar-refractivity contribution in [1.82, 2.24) is 0 Å². The van der Waals surface area contributed by atoms with E-state index in [0.717, 1.165) is 16.9 Å². The molecule has 0 radical (unpaired) electrons. The molecule has 1 aliphatic rings. The molecule has 0 bridgehead atoms. The lowest BCUT2D eigenvalue weighted by molar-refractivity contribution is 0.0975. The maximum Gasteiger partial charge on any atom is 0.262 e. The number of amides is 1. The van der Waals surface area contributed by atoms with Gasteiger partial charge in [-0.3, -0.25) is 9.69 Å². The van der Waals surface area contributed by atoms with Crippen LogP contribution in [0, 0.1) is 0 Å². The molecule has 1 amide bonds. The second kappa shape index (κ2) is 5.72. The van der Waals surface area contributed by atoms with E-state index in [1.807, 2.05) is 47.8 Å². The number of nitrogens with zero attached hydrogens (tertiary/aromatic N) is 1. The van der Waals surface area contributed by atoms with Gasteiger partial charge in [-0.2, -0.15) is 11.3 Å². The monoisotopic (exact) mass is 340 g/mol. The second-order valence-electron chi connectivity index (χ2n) is 5.30. The number of nitrogens with one attached hydrogen (secondary N) is 1. The fourth-order valence-electron chi connectivity index (χ4n) is 2.79. The van der Waals surface area contributed by atoms with Crippen LogP contribution in [0.15, 0.2) is 65.4 Å². The van der Waals surface area contributed by atoms with Crippen molar-refractivity contribution < 1.29 is 4.79 Å². The molecule has 5 heteroatoms. The molecule has 0 aliphatic carbocycles. The van der Waals surface area contributed by atoms with Gasteiger partial charge in [0.2, 0.25) is 0 Å². The number of benzene rings is 2. The summed E-state index contributed by atoms with van der Waals surface area (Å²) in [4.78, 5) is 14.8. The zero-order valence-corrected chi connectivity index (χ0v) is 13.6. The van der Waals surface area contributed by atoms with Crippen LogP contribution in [0.1, 0.15) is 22.1 Å². The molecule has 2 heterocycles. The molecule has 1 N–H and O–H groups in total. The van der Waals surface area contributed by atoms with Gasteiger partial charge >= 0.3 is 0 Å². The highest BCUT2D eigenvalue weighted by molar-refractivity contribution is 7.08. The minimum atomic E-state index is -0.232. The number of para-hydroxylation sites is 1. The Kier molecular flexibility index (Phi) is 3.56. The van der Waals surface area contributed by atoms with Gasteiger partial charge in [0.25, 0.3) is 5.91 Å². The Balaban J connectivity index is 1.85. The molecule has 1 aliphatic heterocycles. The van der Waals surface area contributed by atoms with Gasteiger partial charge in [0.05, 0.1) is 5.56 Å². The maximum absolute atomic E-state index is 13.1. The Morgan fingerprint density at radius 1 is 1.04 bits per heavy atom. The van der Waals surface area contributed by atoms with Gasteiger partial charge in [0, 0.05) is 22.0 Å². The Bertz CT molecular complexity index is 846. The highest BCUT2D eigenvalue weighted by atomic mass is 35.5. The van der Waals surface area contributed by atoms with Gasteiger partial charge in [0.15, 0.2) is 0 Å². The van der Waals surface area contributed by atoms with E-state index in [0.29, 0.717) is 10.6 Å². The molecule has 3 aromatic rings. The van der Waals surface area contributed by atoms with Crippen LogP contribution in [0.3, 0.4) is 0 Å². The largest absolute Gasteiger partial charge is 0.360 e. The second-order valence-corrected chi connectivity index (χ2v) is 6.52. The molecule has 4 rings (SSSR count). The van der Waals surface area contributed by atoms with Crippen LogP contribution in [0.2, 0.25) is 5.02 Å². The molecule has 114 valence electrons. The molecule has 1 aromatic heterocycles. The number of rotatable bonds is 2. The van der Waals surface area contributed by atoms with Crippen molar-refractivity contribution in [3.63, 3.8) is 0 Å². The maximum atomic E-state index is 13.1. The van der Waals surface area contributed by atoms with E-state index < -0.39 is 0 Å². The first-order valence-electron chi connectivity index (χ1n) is 7.21. The van der Waals surface area contributed by atoms with Crippen molar-refractivity contribution >= 4 is 40.2 Å². The molecular formula is C18H13ClN2OS. The van der Waals surface area contributed by atoms with Crippen molar-refractivity contribution in [1.29, 1.82) is 0 Å². The average molecular weight is 341 g/mol. The number of fused-ring (bicyclic) bond motifs is 1. The number of hydrogen-bond donors (Lipinski definition) is 1. The summed E-state index contributed by atoms with van der Waals surface area (Å²) in [6, 6.07) is 17.0. The number of anilines is 2. The van der Waals surface area contributed by atoms with Crippen LogP contribution >= 0.6 is 22.9 Å². The SMILES string of the molecule is O=C1c2ccccc2N[C@H](c2ccsc2)N1c1ccc(Cl)cc1. The van der Waals surface area contributed by atoms with Crippen LogP contribution in [0.5, 0.6) is 0 Å². The standard InChI is InChI=1S/C18H13ClN2OS/c19-13-5-7-14(8-6-13)21-17(12-9-10-23-11-12)20-16-4-2-1-3-15(16)18(21)22/h1-11,17,20H/t17-/m0/s1. The third-order valence-corrected chi connectivity index (χ3v) is 4.84. The number of thiophene rings is 1. The van der Waals surface area contributed by atoms with E-state index in [9.17, 15) is 4.79 Å². The lowest BCUT2D eigenvalue weighted by atomic mass is 10.0. The Morgan fingerprint density at radius 2 is 1.83 bits per heavy atom.